The Labute approximate surface area is 152 Å². The minimum atomic E-state index is -0.419. The highest BCUT2D eigenvalue weighted by molar-refractivity contribution is 6.32. The smallest absolute Gasteiger partial charge is 0.233 e. The molecule has 6 heteroatoms. The average Bonchev–Trinajstić information content (AvgIpc) is 2.55. The topological polar surface area (TPSA) is 67.4 Å². The van der Waals surface area contributed by atoms with E-state index >= 15 is 0 Å². The largest absolute Gasteiger partial charge is 0.495 e. The van der Waals surface area contributed by atoms with Gasteiger partial charge in [0.05, 0.1) is 12.1 Å². The molecule has 2 N–H and O–H groups in total. The van der Waals surface area contributed by atoms with Gasteiger partial charge in [0, 0.05) is 11.4 Å². The van der Waals surface area contributed by atoms with Crippen LogP contribution in [0.2, 0.25) is 5.02 Å². The first-order valence-electron chi connectivity index (χ1n) is 7.92. The zero-order valence-corrected chi connectivity index (χ0v) is 15.2. The predicted molar refractivity (Wildman–Crippen MR) is 100 cm³/mol. The van der Waals surface area contributed by atoms with Crippen LogP contribution in [0.3, 0.4) is 0 Å². The number of carbonyl (C=O) groups is 2. The van der Waals surface area contributed by atoms with E-state index in [1.165, 1.54) is 12.7 Å². The molecule has 0 aliphatic carbocycles. The zero-order valence-electron chi connectivity index (χ0n) is 14.4. The maximum atomic E-state index is 12.0. The van der Waals surface area contributed by atoms with Gasteiger partial charge in [0.2, 0.25) is 11.8 Å². The minimum absolute atomic E-state index is 0.282. The van der Waals surface area contributed by atoms with E-state index in [-0.39, 0.29) is 12.3 Å². The van der Waals surface area contributed by atoms with Crippen molar-refractivity contribution in [3.8, 4) is 5.75 Å². The van der Waals surface area contributed by atoms with Gasteiger partial charge in [-0.1, -0.05) is 37.6 Å². The summed E-state index contributed by atoms with van der Waals surface area (Å²) in [6.07, 6.45) is -0.282. The second-order valence-corrected chi connectivity index (χ2v) is 6.31. The molecule has 2 amide bonds. The normalized spacial score (nSPS) is 10.4. The molecule has 0 aromatic heterocycles. The molecule has 2 aromatic carbocycles. The fraction of sp³-hybridized carbons (Fsp3) is 0.263. The number of hydrogen-bond donors (Lipinski definition) is 2. The van der Waals surface area contributed by atoms with Crippen molar-refractivity contribution in [2.24, 2.45) is 0 Å². The Morgan fingerprint density at radius 3 is 2.08 bits per heavy atom. The molecule has 0 fully saturated rings. The molecule has 0 unspecified atom stereocenters. The molecule has 0 heterocycles. The van der Waals surface area contributed by atoms with E-state index in [0.717, 1.165) is 0 Å². The van der Waals surface area contributed by atoms with Crippen LogP contribution in [0, 0.1) is 0 Å². The molecule has 132 valence electrons. The molecule has 0 aliphatic heterocycles. The maximum Gasteiger partial charge on any atom is 0.233 e. The Bertz CT molecular complexity index is 758. The van der Waals surface area contributed by atoms with Gasteiger partial charge in [0.15, 0.2) is 0 Å². The fourth-order valence-electron chi connectivity index (χ4n) is 2.25. The summed E-state index contributed by atoms with van der Waals surface area (Å²) in [6, 6.07) is 12.4. The summed E-state index contributed by atoms with van der Waals surface area (Å²) in [7, 11) is 1.51. The molecular formula is C19H21ClN2O3. The van der Waals surface area contributed by atoms with Gasteiger partial charge in [0.25, 0.3) is 0 Å². The summed E-state index contributed by atoms with van der Waals surface area (Å²) >= 11 is 6.01. The number of benzene rings is 2. The molecule has 0 atom stereocenters. The third kappa shape index (κ3) is 5.50. The maximum absolute atomic E-state index is 12.0. The van der Waals surface area contributed by atoms with Crippen molar-refractivity contribution in [2.45, 2.75) is 26.2 Å². The Morgan fingerprint density at radius 1 is 1.00 bits per heavy atom. The third-order valence-corrected chi connectivity index (χ3v) is 3.91. The number of rotatable bonds is 6. The summed E-state index contributed by atoms with van der Waals surface area (Å²) in [6.45, 7) is 4.20. The molecule has 0 saturated heterocycles. The fourth-order valence-corrected chi connectivity index (χ4v) is 2.51. The van der Waals surface area contributed by atoms with E-state index in [2.05, 4.69) is 24.5 Å². The van der Waals surface area contributed by atoms with Crippen LogP contribution in [0.15, 0.2) is 42.5 Å². The van der Waals surface area contributed by atoms with Gasteiger partial charge in [-0.25, -0.2) is 0 Å². The first-order chi connectivity index (χ1) is 11.9. The molecule has 0 saturated carbocycles. The lowest BCUT2D eigenvalue weighted by Crippen LogP contribution is -2.21. The molecule has 0 spiro atoms. The molecule has 2 rings (SSSR count). The van der Waals surface area contributed by atoms with Gasteiger partial charge < -0.3 is 15.4 Å². The van der Waals surface area contributed by atoms with Crippen LogP contribution >= 0.6 is 11.6 Å². The number of hydrogen-bond acceptors (Lipinski definition) is 3. The van der Waals surface area contributed by atoms with Crippen LogP contribution in [0.4, 0.5) is 11.4 Å². The summed E-state index contributed by atoms with van der Waals surface area (Å²) in [5.74, 6) is 0.140. The van der Waals surface area contributed by atoms with Crippen molar-refractivity contribution in [3.63, 3.8) is 0 Å². The Balaban J connectivity index is 1.89. The first-order valence-corrected chi connectivity index (χ1v) is 8.30. The first kappa shape index (κ1) is 18.8. The van der Waals surface area contributed by atoms with Gasteiger partial charge >= 0.3 is 0 Å². The molecule has 0 aliphatic rings. The quantitative estimate of drug-likeness (QED) is 0.748. The van der Waals surface area contributed by atoms with E-state index in [9.17, 15) is 9.59 Å². The molecule has 25 heavy (non-hydrogen) atoms. The summed E-state index contributed by atoms with van der Waals surface area (Å²) in [4.78, 5) is 24.0. The standard InChI is InChI=1S/C19H21ClN2O3/c1-12(2)13-4-6-14(7-5-13)21-18(23)11-19(24)22-15-8-9-17(25-3)16(20)10-15/h4-10,12H,11H2,1-3H3,(H,21,23)(H,22,24). The van der Waals surface area contributed by atoms with Crippen LogP contribution < -0.4 is 15.4 Å². The van der Waals surface area contributed by atoms with Crippen molar-refractivity contribution in [1.82, 2.24) is 0 Å². The highest BCUT2D eigenvalue weighted by Gasteiger charge is 2.11. The second-order valence-electron chi connectivity index (χ2n) is 5.90. The number of carbonyl (C=O) groups excluding carboxylic acids is 2. The number of anilines is 2. The molecular weight excluding hydrogens is 340 g/mol. The average molecular weight is 361 g/mol. The number of halogens is 1. The van der Waals surface area contributed by atoms with Crippen molar-refractivity contribution in [2.75, 3.05) is 17.7 Å². The van der Waals surface area contributed by atoms with Crippen molar-refractivity contribution >= 4 is 34.8 Å². The molecule has 2 aromatic rings. The van der Waals surface area contributed by atoms with E-state index in [4.69, 9.17) is 16.3 Å². The van der Waals surface area contributed by atoms with Crippen LogP contribution in [-0.4, -0.2) is 18.9 Å². The van der Waals surface area contributed by atoms with Crippen LogP contribution in [0.1, 0.15) is 31.7 Å². The van der Waals surface area contributed by atoms with Crippen molar-refractivity contribution in [1.29, 1.82) is 0 Å². The van der Waals surface area contributed by atoms with Crippen molar-refractivity contribution < 1.29 is 14.3 Å². The monoisotopic (exact) mass is 360 g/mol. The number of ether oxygens (including phenoxy) is 1. The Hall–Kier alpha value is -2.53. The van der Waals surface area contributed by atoms with E-state index in [1.54, 1.807) is 18.2 Å². The van der Waals surface area contributed by atoms with Gasteiger partial charge in [-0.2, -0.15) is 0 Å². The van der Waals surface area contributed by atoms with E-state index in [0.29, 0.717) is 28.1 Å². The van der Waals surface area contributed by atoms with Crippen LogP contribution in [0.5, 0.6) is 5.75 Å². The Kier molecular flexibility index (Phi) is 6.42. The lowest BCUT2D eigenvalue weighted by molar-refractivity contribution is -0.123. The highest BCUT2D eigenvalue weighted by Crippen LogP contribution is 2.27. The molecule has 0 bridgehead atoms. The molecule has 0 radical (unpaired) electrons. The SMILES string of the molecule is COc1ccc(NC(=O)CC(=O)Nc2ccc(C(C)C)cc2)cc1Cl. The van der Waals surface area contributed by atoms with Gasteiger partial charge in [0.1, 0.15) is 12.2 Å². The highest BCUT2D eigenvalue weighted by atomic mass is 35.5. The van der Waals surface area contributed by atoms with E-state index in [1.807, 2.05) is 24.3 Å². The van der Waals surface area contributed by atoms with E-state index < -0.39 is 5.91 Å². The lowest BCUT2D eigenvalue weighted by atomic mass is 10.0. The Morgan fingerprint density at radius 2 is 1.56 bits per heavy atom. The number of methoxy groups -OCH3 is 1. The summed E-state index contributed by atoms with van der Waals surface area (Å²) < 4.78 is 5.05. The minimum Gasteiger partial charge on any atom is -0.495 e. The van der Waals surface area contributed by atoms with Crippen LogP contribution in [-0.2, 0) is 9.59 Å². The van der Waals surface area contributed by atoms with Crippen LogP contribution in [0.25, 0.3) is 0 Å². The number of amides is 2. The third-order valence-electron chi connectivity index (χ3n) is 3.62. The lowest BCUT2D eigenvalue weighted by Gasteiger charge is -2.10. The second kappa shape index (κ2) is 8.53. The van der Waals surface area contributed by atoms with Gasteiger partial charge in [-0.15, -0.1) is 0 Å². The summed E-state index contributed by atoms with van der Waals surface area (Å²) in [5.41, 5.74) is 2.35. The van der Waals surface area contributed by atoms with Gasteiger partial charge in [-0.05, 0) is 41.8 Å². The number of nitrogens with one attached hydrogen (secondary N) is 2. The van der Waals surface area contributed by atoms with Crippen molar-refractivity contribution in [3.05, 3.63) is 53.1 Å². The zero-order chi connectivity index (χ0) is 18.4. The predicted octanol–water partition coefficient (Wildman–Crippen LogP) is 4.44. The molecule has 5 nitrogen and oxygen atoms in total. The summed E-state index contributed by atoms with van der Waals surface area (Å²) in [5, 5.41) is 5.73. The van der Waals surface area contributed by atoms with Gasteiger partial charge in [-0.3, -0.25) is 9.59 Å².